The molecule has 2 aliphatic heterocycles. The highest BCUT2D eigenvalue weighted by Gasteiger charge is 2.33. The number of benzene rings is 1. The third kappa shape index (κ3) is 6.39. The molecule has 1 saturated carbocycles. The van der Waals surface area contributed by atoms with Gasteiger partial charge in [-0.05, 0) is 42.5 Å². The molecule has 0 aromatic heterocycles. The Bertz CT molecular complexity index is 842. The maximum absolute atomic E-state index is 13.5. The number of aliphatic hydroxyl groups excluding tert-OH is 1. The average molecular weight is 478 g/mol. The second-order valence-electron chi connectivity index (χ2n) is 9.56. The molecular formula is C25H36FN3O5. The van der Waals surface area contributed by atoms with E-state index in [0.29, 0.717) is 58.2 Å². The van der Waals surface area contributed by atoms with E-state index in [1.165, 1.54) is 18.6 Å². The van der Waals surface area contributed by atoms with Gasteiger partial charge in [-0.2, -0.15) is 0 Å². The quantitative estimate of drug-likeness (QED) is 0.598. The number of nitrogens with zero attached hydrogens (tertiary/aromatic N) is 2. The number of hydrogen-bond acceptors (Lipinski definition) is 6. The Morgan fingerprint density at radius 1 is 1.18 bits per heavy atom. The number of alkyl carbamates (subject to hydrolysis) is 1. The van der Waals surface area contributed by atoms with Crippen molar-refractivity contribution in [1.82, 2.24) is 10.2 Å². The maximum Gasteiger partial charge on any atom is 0.408 e. The first kappa shape index (κ1) is 24.7. The van der Waals surface area contributed by atoms with Crippen LogP contribution < -0.4 is 10.2 Å². The van der Waals surface area contributed by atoms with E-state index in [-0.39, 0.29) is 18.3 Å². The molecule has 4 rings (SSSR count). The normalized spacial score (nSPS) is 20.5. The molecule has 3 aliphatic rings. The fourth-order valence-electron chi connectivity index (χ4n) is 5.29. The molecule has 188 valence electrons. The van der Waals surface area contributed by atoms with E-state index in [2.05, 4.69) is 5.32 Å². The van der Waals surface area contributed by atoms with Gasteiger partial charge in [-0.25, -0.2) is 9.18 Å². The van der Waals surface area contributed by atoms with Crippen LogP contribution in [0.4, 0.5) is 14.9 Å². The van der Waals surface area contributed by atoms with E-state index in [9.17, 15) is 19.1 Å². The number of morpholine rings is 1. The summed E-state index contributed by atoms with van der Waals surface area (Å²) in [5, 5.41) is 12.6. The number of nitrogens with one attached hydrogen (secondary N) is 1. The van der Waals surface area contributed by atoms with Crippen molar-refractivity contribution in [3.63, 3.8) is 0 Å². The molecule has 2 heterocycles. The largest absolute Gasteiger partial charge is 0.436 e. The zero-order valence-electron chi connectivity index (χ0n) is 19.7. The van der Waals surface area contributed by atoms with Gasteiger partial charge in [0, 0.05) is 31.9 Å². The van der Waals surface area contributed by atoms with Crippen LogP contribution in [0.2, 0.25) is 0 Å². The van der Waals surface area contributed by atoms with E-state index in [1.54, 1.807) is 11.0 Å². The van der Waals surface area contributed by atoms with Crippen LogP contribution in [-0.4, -0.2) is 80.2 Å². The molecule has 0 radical (unpaired) electrons. The first-order valence-corrected chi connectivity index (χ1v) is 12.5. The Hall–Kier alpha value is -2.39. The van der Waals surface area contributed by atoms with Crippen molar-refractivity contribution in [2.75, 3.05) is 50.9 Å². The van der Waals surface area contributed by atoms with Gasteiger partial charge >= 0.3 is 6.09 Å². The van der Waals surface area contributed by atoms with Crippen LogP contribution in [0.3, 0.4) is 0 Å². The van der Waals surface area contributed by atoms with Gasteiger partial charge < -0.3 is 29.7 Å². The standard InChI is InChI=1S/C25H36FN3O5/c26-20-6-7-22-19(15-20)8-9-29(22)16-21(17-30)27-25(32)34-23(14-18-4-2-1-3-5-18)24(31)28-10-12-33-13-11-28/h6-7,15,18,21,23,30H,1-5,8-14,16-17H2,(H,27,32)/t21-,23?/m1/s1. The topological polar surface area (TPSA) is 91.3 Å². The summed E-state index contributed by atoms with van der Waals surface area (Å²) < 4.78 is 24.6. The van der Waals surface area contributed by atoms with E-state index in [0.717, 1.165) is 36.9 Å². The number of anilines is 1. The summed E-state index contributed by atoms with van der Waals surface area (Å²) in [4.78, 5) is 29.7. The van der Waals surface area contributed by atoms with Crippen LogP contribution in [0.25, 0.3) is 0 Å². The lowest BCUT2D eigenvalue weighted by Crippen LogP contribution is -2.50. The smallest absolute Gasteiger partial charge is 0.408 e. The number of aliphatic hydroxyl groups is 1. The van der Waals surface area contributed by atoms with Gasteiger partial charge in [0.1, 0.15) is 5.82 Å². The SMILES string of the molecule is O=C(N[C@@H](CO)CN1CCc2cc(F)ccc21)OC(CC1CCCCC1)C(=O)N1CCOCC1. The molecule has 2 N–H and O–H groups in total. The fraction of sp³-hybridized carbons (Fsp3) is 0.680. The first-order chi connectivity index (χ1) is 16.5. The molecule has 1 aliphatic carbocycles. The lowest BCUT2D eigenvalue weighted by atomic mass is 9.85. The summed E-state index contributed by atoms with van der Waals surface area (Å²) in [5.41, 5.74) is 1.83. The zero-order chi connectivity index (χ0) is 23.9. The molecule has 1 aromatic rings. The summed E-state index contributed by atoms with van der Waals surface area (Å²) in [5.74, 6) is -0.0679. The van der Waals surface area contributed by atoms with Gasteiger partial charge in [0.05, 0.1) is 25.9 Å². The number of amides is 2. The number of carbonyl (C=O) groups is 2. The summed E-state index contributed by atoms with van der Waals surface area (Å²) in [6.45, 7) is 2.76. The highest BCUT2D eigenvalue weighted by Crippen LogP contribution is 2.30. The van der Waals surface area contributed by atoms with Crippen LogP contribution in [0.1, 0.15) is 44.1 Å². The third-order valence-electron chi connectivity index (χ3n) is 7.14. The Morgan fingerprint density at radius 2 is 1.94 bits per heavy atom. The molecule has 0 bridgehead atoms. The van der Waals surface area contributed by atoms with Crippen LogP contribution >= 0.6 is 0 Å². The summed E-state index contributed by atoms with van der Waals surface area (Å²) in [6, 6.07) is 4.10. The second kappa shape index (κ2) is 11.8. The molecule has 8 nitrogen and oxygen atoms in total. The zero-order valence-corrected chi connectivity index (χ0v) is 19.7. The van der Waals surface area contributed by atoms with Gasteiger partial charge in [0.2, 0.25) is 0 Å². The highest BCUT2D eigenvalue weighted by molar-refractivity contribution is 5.83. The van der Waals surface area contributed by atoms with Crippen LogP contribution in [0.15, 0.2) is 18.2 Å². The van der Waals surface area contributed by atoms with E-state index < -0.39 is 18.2 Å². The molecule has 9 heteroatoms. The number of hydrogen-bond donors (Lipinski definition) is 2. The summed E-state index contributed by atoms with van der Waals surface area (Å²) >= 11 is 0. The molecule has 0 spiro atoms. The third-order valence-corrected chi connectivity index (χ3v) is 7.14. The predicted molar refractivity (Wildman–Crippen MR) is 125 cm³/mol. The predicted octanol–water partition coefficient (Wildman–Crippen LogP) is 2.47. The lowest BCUT2D eigenvalue weighted by molar-refractivity contribution is -0.145. The van der Waals surface area contributed by atoms with Crippen LogP contribution in [-0.2, 0) is 20.7 Å². The van der Waals surface area contributed by atoms with Gasteiger partial charge in [0.15, 0.2) is 6.10 Å². The molecule has 34 heavy (non-hydrogen) atoms. The van der Waals surface area contributed by atoms with Crippen molar-refractivity contribution in [1.29, 1.82) is 0 Å². The Balaban J connectivity index is 1.36. The van der Waals surface area contributed by atoms with Crippen LogP contribution in [0, 0.1) is 11.7 Å². The van der Waals surface area contributed by atoms with E-state index in [1.807, 2.05) is 4.90 Å². The second-order valence-corrected chi connectivity index (χ2v) is 9.56. The average Bonchev–Trinajstić information content (AvgIpc) is 3.25. The molecule has 2 atom stereocenters. The van der Waals surface area contributed by atoms with Gasteiger partial charge in [-0.15, -0.1) is 0 Å². The fourth-order valence-corrected chi connectivity index (χ4v) is 5.29. The number of ether oxygens (including phenoxy) is 2. The summed E-state index contributed by atoms with van der Waals surface area (Å²) in [6.07, 6.45) is 5.30. The summed E-state index contributed by atoms with van der Waals surface area (Å²) in [7, 11) is 0. The number of halogens is 1. The van der Waals surface area contributed by atoms with Crippen molar-refractivity contribution < 1.29 is 28.6 Å². The van der Waals surface area contributed by atoms with E-state index in [4.69, 9.17) is 9.47 Å². The Kier molecular flexibility index (Phi) is 8.61. The first-order valence-electron chi connectivity index (χ1n) is 12.5. The van der Waals surface area contributed by atoms with Gasteiger partial charge in [-0.3, -0.25) is 4.79 Å². The minimum atomic E-state index is -0.837. The monoisotopic (exact) mass is 477 g/mol. The van der Waals surface area contributed by atoms with Crippen molar-refractivity contribution >= 4 is 17.7 Å². The molecule has 1 unspecified atom stereocenters. The lowest BCUT2D eigenvalue weighted by Gasteiger charge is -2.32. The van der Waals surface area contributed by atoms with E-state index >= 15 is 0 Å². The minimum absolute atomic E-state index is 0.167. The highest BCUT2D eigenvalue weighted by atomic mass is 19.1. The molecular weight excluding hydrogens is 441 g/mol. The maximum atomic E-state index is 13.5. The molecule has 1 saturated heterocycles. The van der Waals surface area contributed by atoms with Crippen molar-refractivity contribution in [3.8, 4) is 0 Å². The van der Waals surface area contributed by atoms with Crippen molar-refractivity contribution in [2.24, 2.45) is 5.92 Å². The van der Waals surface area contributed by atoms with Crippen LogP contribution in [0.5, 0.6) is 0 Å². The molecule has 1 aromatic carbocycles. The van der Waals surface area contributed by atoms with Gasteiger partial charge in [-0.1, -0.05) is 32.1 Å². The Morgan fingerprint density at radius 3 is 2.68 bits per heavy atom. The van der Waals surface area contributed by atoms with Crippen molar-refractivity contribution in [3.05, 3.63) is 29.6 Å². The van der Waals surface area contributed by atoms with Crippen molar-refractivity contribution in [2.45, 2.75) is 57.1 Å². The molecule has 2 amide bonds. The molecule has 2 fully saturated rings. The minimum Gasteiger partial charge on any atom is -0.436 e. The number of fused-ring (bicyclic) bond motifs is 1. The van der Waals surface area contributed by atoms with Gasteiger partial charge in [0.25, 0.3) is 5.91 Å². The number of rotatable bonds is 8. The Labute approximate surface area is 200 Å². The number of carbonyl (C=O) groups excluding carboxylic acids is 2.